The van der Waals surface area contributed by atoms with Crippen molar-refractivity contribution in [3.63, 3.8) is 0 Å². The van der Waals surface area contributed by atoms with Crippen LogP contribution in [-0.4, -0.2) is 25.9 Å². The maximum atomic E-state index is 12.8. The molecule has 3 aromatic rings. The van der Waals surface area contributed by atoms with Gasteiger partial charge in [-0.1, -0.05) is 22.9 Å². The Labute approximate surface area is 155 Å². The molecule has 0 amide bonds. The fraction of sp³-hybridized carbons (Fsp3) is 0.118. The summed E-state index contributed by atoms with van der Waals surface area (Å²) < 4.78 is 1.84. The normalized spacial score (nSPS) is 11.3. The second-order valence-corrected chi connectivity index (χ2v) is 6.32. The number of halogens is 1. The van der Waals surface area contributed by atoms with E-state index >= 15 is 0 Å². The molecule has 0 bridgehead atoms. The number of phenolic OH excluding ortho intramolecular Hbond substituents is 1. The zero-order chi connectivity index (χ0) is 18.8. The highest BCUT2D eigenvalue weighted by molar-refractivity contribution is 9.10. The first-order chi connectivity index (χ1) is 12.4. The molecule has 0 aliphatic heterocycles. The maximum absolute atomic E-state index is 12.8. The van der Waals surface area contributed by atoms with Crippen LogP contribution in [0.1, 0.15) is 18.3 Å². The average Bonchev–Trinajstić information content (AvgIpc) is 2.61. The minimum absolute atomic E-state index is 0.0818. The number of nitro benzene ring substituents is 1. The van der Waals surface area contributed by atoms with E-state index in [1.807, 2.05) is 6.92 Å². The van der Waals surface area contributed by atoms with Crippen LogP contribution in [-0.2, 0) is 6.42 Å². The van der Waals surface area contributed by atoms with E-state index in [1.165, 1.54) is 24.4 Å². The first-order valence-corrected chi connectivity index (χ1v) is 8.43. The van der Waals surface area contributed by atoms with E-state index in [0.717, 1.165) is 9.15 Å². The lowest BCUT2D eigenvalue weighted by atomic mass is 10.2. The molecule has 26 heavy (non-hydrogen) atoms. The maximum Gasteiger partial charge on any atom is 0.282 e. The number of benzene rings is 2. The van der Waals surface area contributed by atoms with Gasteiger partial charge in [-0.2, -0.15) is 9.78 Å². The monoisotopic (exact) mass is 416 g/mol. The van der Waals surface area contributed by atoms with Crippen molar-refractivity contribution in [2.24, 2.45) is 5.10 Å². The molecule has 8 nitrogen and oxygen atoms in total. The Morgan fingerprint density at radius 1 is 1.35 bits per heavy atom. The molecule has 0 fully saturated rings. The predicted molar refractivity (Wildman–Crippen MR) is 101 cm³/mol. The van der Waals surface area contributed by atoms with Crippen LogP contribution >= 0.6 is 15.9 Å². The number of aryl methyl sites for hydroxylation is 1. The highest BCUT2D eigenvalue weighted by Crippen LogP contribution is 2.22. The molecule has 0 radical (unpaired) electrons. The number of phenols is 1. The van der Waals surface area contributed by atoms with Crippen molar-refractivity contribution in [2.75, 3.05) is 0 Å². The quantitative estimate of drug-likeness (QED) is 0.398. The summed E-state index contributed by atoms with van der Waals surface area (Å²) in [6.07, 6.45) is 1.62. The lowest BCUT2D eigenvalue weighted by Crippen LogP contribution is -2.22. The van der Waals surface area contributed by atoms with Crippen LogP contribution in [0.4, 0.5) is 5.69 Å². The van der Waals surface area contributed by atoms with Gasteiger partial charge in [0, 0.05) is 17.0 Å². The summed E-state index contributed by atoms with van der Waals surface area (Å²) in [5.74, 6) is 0.282. The molecule has 0 atom stereocenters. The Balaban J connectivity index is 2.19. The Bertz CT molecular complexity index is 1110. The van der Waals surface area contributed by atoms with Gasteiger partial charge in [0.15, 0.2) is 0 Å². The van der Waals surface area contributed by atoms with Gasteiger partial charge >= 0.3 is 0 Å². The molecule has 0 unspecified atom stereocenters. The summed E-state index contributed by atoms with van der Waals surface area (Å²) >= 11 is 3.32. The predicted octanol–water partition coefficient (Wildman–Crippen LogP) is 3.22. The molecule has 0 spiro atoms. The van der Waals surface area contributed by atoms with Crippen LogP contribution in [0.3, 0.4) is 0 Å². The molecule has 1 N–H and O–H groups in total. The molecule has 2 aromatic carbocycles. The number of aromatic nitrogens is 2. The van der Waals surface area contributed by atoms with E-state index in [4.69, 9.17) is 0 Å². The zero-order valence-electron chi connectivity index (χ0n) is 13.6. The van der Waals surface area contributed by atoms with Crippen molar-refractivity contribution in [1.82, 2.24) is 9.66 Å². The summed E-state index contributed by atoms with van der Waals surface area (Å²) in [4.78, 5) is 27.7. The Morgan fingerprint density at radius 3 is 2.81 bits per heavy atom. The van der Waals surface area contributed by atoms with Gasteiger partial charge in [-0.15, -0.1) is 0 Å². The van der Waals surface area contributed by atoms with Crippen molar-refractivity contribution < 1.29 is 10.0 Å². The minimum Gasteiger partial charge on any atom is -0.508 e. The van der Waals surface area contributed by atoms with Gasteiger partial charge in [0.25, 0.3) is 11.2 Å². The minimum atomic E-state index is -0.583. The summed E-state index contributed by atoms with van der Waals surface area (Å²) in [6.45, 7) is 1.83. The summed E-state index contributed by atoms with van der Waals surface area (Å²) in [7, 11) is 0. The standard InChI is InChI=1S/C17H13BrN4O4/c1-2-16-20-14-5-3-11(18)8-13(14)17(24)21(16)19-9-10-7-12(23)4-6-15(10)22(25)26/h3-9,23H,2H2,1H3. The largest absolute Gasteiger partial charge is 0.508 e. The van der Waals surface area contributed by atoms with Crippen molar-refractivity contribution in [3.05, 3.63) is 72.7 Å². The van der Waals surface area contributed by atoms with Gasteiger partial charge in [0.05, 0.1) is 27.6 Å². The van der Waals surface area contributed by atoms with Crippen LogP contribution in [0.5, 0.6) is 5.75 Å². The number of nitro groups is 1. The number of rotatable bonds is 4. The molecule has 0 saturated heterocycles. The number of fused-ring (bicyclic) bond motifs is 1. The van der Waals surface area contributed by atoms with E-state index in [1.54, 1.807) is 18.2 Å². The highest BCUT2D eigenvalue weighted by atomic mass is 79.9. The van der Waals surface area contributed by atoms with Gasteiger partial charge in [-0.05, 0) is 30.3 Å². The lowest BCUT2D eigenvalue weighted by Gasteiger charge is -2.07. The van der Waals surface area contributed by atoms with E-state index in [9.17, 15) is 20.0 Å². The highest BCUT2D eigenvalue weighted by Gasteiger charge is 2.14. The number of aromatic hydroxyl groups is 1. The van der Waals surface area contributed by atoms with Gasteiger partial charge in [0.1, 0.15) is 11.6 Å². The Kier molecular flexibility index (Phi) is 4.81. The fourth-order valence-corrected chi connectivity index (χ4v) is 2.84. The van der Waals surface area contributed by atoms with E-state index in [0.29, 0.717) is 23.1 Å². The molecule has 1 aromatic heterocycles. The third-order valence-electron chi connectivity index (χ3n) is 3.71. The summed E-state index contributed by atoms with van der Waals surface area (Å²) in [5.41, 5.74) is 0.0180. The summed E-state index contributed by atoms with van der Waals surface area (Å²) in [5, 5.41) is 25.2. The lowest BCUT2D eigenvalue weighted by molar-refractivity contribution is -0.385. The van der Waals surface area contributed by atoms with Crippen molar-refractivity contribution in [2.45, 2.75) is 13.3 Å². The van der Waals surface area contributed by atoms with Crippen molar-refractivity contribution in [3.8, 4) is 5.75 Å². The molecular formula is C17H13BrN4O4. The first-order valence-electron chi connectivity index (χ1n) is 7.63. The number of hydrogen-bond donors (Lipinski definition) is 1. The summed E-state index contributed by atoms with van der Waals surface area (Å²) in [6, 6.07) is 8.77. The fourth-order valence-electron chi connectivity index (χ4n) is 2.47. The Hall–Kier alpha value is -3.07. The van der Waals surface area contributed by atoms with Crippen molar-refractivity contribution in [1.29, 1.82) is 0 Å². The number of nitrogens with zero attached hydrogens (tertiary/aromatic N) is 4. The van der Waals surface area contributed by atoms with E-state index in [2.05, 4.69) is 26.0 Å². The van der Waals surface area contributed by atoms with Crippen LogP contribution in [0.15, 0.2) is 50.8 Å². The first kappa shape index (κ1) is 17.7. The molecule has 9 heteroatoms. The van der Waals surface area contributed by atoms with Gasteiger partial charge in [-0.3, -0.25) is 14.9 Å². The third-order valence-corrected chi connectivity index (χ3v) is 4.20. The van der Waals surface area contributed by atoms with Crippen LogP contribution in [0.25, 0.3) is 10.9 Å². The number of hydrogen-bond acceptors (Lipinski definition) is 6. The molecule has 0 aliphatic rings. The molecular weight excluding hydrogens is 404 g/mol. The van der Waals surface area contributed by atoms with Crippen LogP contribution in [0, 0.1) is 10.1 Å². The van der Waals surface area contributed by atoms with Crippen LogP contribution < -0.4 is 5.56 Å². The topological polar surface area (TPSA) is 111 Å². The molecule has 1 heterocycles. The van der Waals surface area contributed by atoms with E-state index in [-0.39, 0.29) is 22.6 Å². The second-order valence-electron chi connectivity index (χ2n) is 5.40. The van der Waals surface area contributed by atoms with Crippen molar-refractivity contribution >= 4 is 38.7 Å². The average molecular weight is 417 g/mol. The molecule has 0 aliphatic carbocycles. The van der Waals surface area contributed by atoms with Gasteiger partial charge in [-0.25, -0.2) is 4.98 Å². The molecule has 0 saturated carbocycles. The zero-order valence-corrected chi connectivity index (χ0v) is 15.2. The molecule has 3 rings (SSSR count). The second kappa shape index (κ2) is 7.04. The van der Waals surface area contributed by atoms with Gasteiger partial charge < -0.3 is 5.11 Å². The smallest absolute Gasteiger partial charge is 0.282 e. The van der Waals surface area contributed by atoms with E-state index < -0.39 is 4.92 Å². The molecule has 132 valence electrons. The Morgan fingerprint density at radius 2 is 2.12 bits per heavy atom. The third kappa shape index (κ3) is 3.33. The van der Waals surface area contributed by atoms with Gasteiger partial charge in [0.2, 0.25) is 0 Å². The van der Waals surface area contributed by atoms with Crippen LogP contribution in [0.2, 0.25) is 0 Å². The SMILES string of the molecule is CCc1nc2ccc(Br)cc2c(=O)n1N=Cc1cc(O)ccc1[N+](=O)[O-].